The molecule has 0 aromatic heterocycles. The van der Waals surface area contributed by atoms with E-state index >= 15 is 0 Å². The predicted octanol–water partition coefficient (Wildman–Crippen LogP) is -1.03. The van der Waals surface area contributed by atoms with Crippen LogP contribution in [-0.4, -0.2) is 60.7 Å². The lowest BCUT2D eigenvalue weighted by Crippen LogP contribution is -2.45. The second-order valence-electron chi connectivity index (χ2n) is 5.94. The molecule has 7 N–H and O–H groups in total. The zero-order valence-electron chi connectivity index (χ0n) is 14.5. The van der Waals surface area contributed by atoms with Gasteiger partial charge < -0.3 is 32.0 Å². The molecular formula is C15H29N5O4S. The van der Waals surface area contributed by atoms with E-state index in [1.54, 1.807) is 0 Å². The molecule has 0 saturated carbocycles. The molecule has 0 heterocycles. The number of hydrogen-bond donors (Lipinski definition) is 6. The van der Waals surface area contributed by atoms with Gasteiger partial charge in [-0.15, -0.1) is 0 Å². The van der Waals surface area contributed by atoms with Crippen LogP contribution in [0.3, 0.4) is 0 Å². The molecule has 0 aromatic carbocycles. The number of aldehydes is 1. The Hall–Kier alpha value is -1.81. The Morgan fingerprint density at radius 1 is 1.36 bits per heavy atom. The molecule has 0 bridgehead atoms. The lowest BCUT2D eigenvalue weighted by Gasteiger charge is -2.18. The van der Waals surface area contributed by atoms with Gasteiger partial charge in [-0.25, -0.2) is 4.79 Å². The van der Waals surface area contributed by atoms with Crippen molar-refractivity contribution in [3.8, 4) is 0 Å². The fourth-order valence-corrected chi connectivity index (χ4v) is 2.48. The van der Waals surface area contributed by atoms with Gasteiger partial charge >= 0.3 is 5.97 Å². The number of carboxylic acids is 1. The Labute approximate surface area is 153 Å². The maximum atomic E-state index is 11.9. The standard InChI is InChI=1S/C15H29N5O4S/c1-10(8-21)5-11(9-25)6-18-7-13(22)20-12(14(23)24)3-2-4-19-15(16)17/h8,10-12,18,25H,2-7,9H2,1H3,(H,20,22)(H,23,24)(H4,16,17,19)/t10?,11?,12-/m0/s1. The number of carbonyl (C=O) groups excluding carboxylic acids is 2. The normalized spacial score (nSPS) is 14.2. The number of hydrogen-bond acceptors (Lipinski definition) is 6. The van der Waals surface area contributed by atoms with Crippen molar-refractivity contribution >= 4 is 36.8 Å². The maximum Gasteiger partial charge on any atom is 0.326 e. The summed E-state index contributed by atoms with van der Waals surface area (Å²) in [4.78, 5) is 37.5. The predicted molar refractivity (Wildman–Crippen MR) is 99.5 cm³/mol. The fourth-order valence-electron chi connectivity index (χ4n) is 2.20. The van der Waals surface area contributed by atoms with Gasteiger partial charge in [0.1, 0.15) is 12.3 Å². The number of aliphatic imine (C=N–C) groups is 1. The van der Waals surface area contributed by atoms with E-state index in [4.69, 9.17) is 16.6 Å². The van der Waals surface area contributed by atoms with Gasteiger partial charge in [-0.2, -0.15) is 12.6 Å². The second kappa shape index (κ2) is 13.5. The van der Waals surface area contributed by atoms with Gasteiger partial charge in [0, 0.05) is 12.5 Å². The fraction of sp³-hybridized carbons (Fsp3) is 0.733. The third-order valence-corrected chi connectivity index (χ3v) is 4.01. The Balaban J connectivity index is 4.19. The molecule has 10 heteroatoms. The third-order valence-electron chi connectivity index (χ3n) is 3.49. The van der Waals surface area contributed by atoms with Crippen LogP contribution in [-0.2, 0) is 14.4 Å². The number of amides is 1. The number of guanidine groups is 1. The van der Waals surface area contributed by atoms with Crippen molar-refractivity contribution in [3.05, 3.63) is 0 Å². The van der Waals surface area contributed by atoms with Crippen molar-refractivity contribution in [1.29, 1.82) is 0 Å². The van der Waals surface area contributed by atoms with Gasteiger partial charge in [0.25, 0.3) is 0 Å². The van der Waals surface area contributed by atoms with Crippen molar-refractivity contribution in [3.63, 3.8) is 0 Å². The number of nitrogens with zero attached hydrogens (tertiary/aromatic N) is 1. The van der Waals surface area contributed by atoms with Crippen molar-refractivity contribution < 1.29 is 19.5 Å². The van der Waals surface area contributed by atoms with Gasteiger partial charge in [-0.1, -0.05) is 6.92 Å². The highest BCUT2D eigenvalue weighted by Gasteiger charge is 2.19. The average Bonchev–Trinajstić information content (AvgIpc) is 2.55. The smallest absolute Gasteiger partial charge is 0.326 e. The lowest BCUT2D eigenvalue weighted by molar-refractivity contribution is -0.141. The summed E-state index contributed by atoms with van der Waals surface area (Å²) in [7, 11) is 0. The number of nitrogens with one attached hydrogen (secondary N) is 2. The molecule has 25 heavy (non-hydrogen) atoms. The van der Waals surface area contributed by atoms with Crippen molar-refractivity contribution in [2.75, 3.05) is 25.4 Å². The quantitative estimate of drug-likeness (QED) is 0.0744. The largest absolute Gasteiger partial charge is 0.480 e. The Bertz CT molecular complexity index is 457. The Kier molecular flexibility index (Phi) is 12.5. The average molecular weight is 375 g/mol. The monoisotopic (exact) mass is 375 g/mol. The first-order valence-corrected chi connectivity index (χ1v) is 8.77. The molecule has 1 amide bonds. The van der Waals surface area contributed by atoms with Crippen LogP contribution in [0, 0.1) is 11.8 Å². The number of nitrogens with two attached hydrogens (primary N) is 2. The molecule has 0 radical (unpaired) electrons. The summed E-state index contributed by atoms with van der Waals surface area (Å²) >= 11 is 4.24. The highest BCUT2D eigenvalue weighted by atomic mass is 32.1. The Morgan fingerprint density at radius 2 is 2.04 bits per heavy atom. The topological polar surface area (TPSA) is 160 Å². The highest BCUT2D eigenvalue weighted by molar-refractivity contribution is 7.80. The van der Waals surface area contributed by atoms with Crippen LogP contribution in [0.25, 0.3) is 0 Å². The summed E-state index contributed by atoms with van der Waals surface area (Å²) in [5.74, 6) is -0.875. The van der Waals surface area contributed by atoms with Crippen molar-refractivity contribution in [2.45, 2.75) is 32.2 Å². The molecular weight excluding hydrogens is 346 g/mol. The van der Waals surface area contributed by atoms with E-state index in [-0.39, 0.29) is 30.8 Å². The molecule has 0 aliphatic heterocycles. The zero-order valence-corrected chi connectivity index (χ0v) is 15.4. The SMILES string of the molecule is CC(C=O)CC(CS)CNCC(=O)N[C@@H](CCCN=C(N)N)C(=O)O. The van der Waals surface area contributed by atoms with Crippen LogP contribution in [0.15, 0.2) is 4.99 Å². The maximum absolute atomic E-state index is 11.9. The first-order chi connectivity index (χ1) is 11.8. The minimum Gasteiger partial charge on any atom is -0.480 e. The number of rotatable bonds is 14. The van der Waals surface area contributed by atoms with E-state index in [1.165, 1.54) is 0 Å². The van der Waals surface area contributed by atoms with Crippen LogP contribution < -0.4 is 22.1 Å². The number of carbonyl (C=O) groups is 3. The molecule has 0 fully saturated rings. The minimum atomic E-state index is -1.11. The summed E-state index contributed by atoms with van der Waals surface area (Å²) in [5, 5.41) is 14.6. The van der Waals surface area contributed by atoms with Crippen LogP contribution >= 0.6 is 12.6 Å². The molecule has 0 aromatic rings. The summed E-state index contributed by atoms with van der Waals surface area (Å²) < 4.78 is 0. The summed E-state index contributed by atoms with van der Waals surface area (Å²) in [6.07, 6.45) is 2.24. The minimum absolute atomic E-state index is 0.00255. The zero-order chi connectivity index (χ0) is 19.2. The molecule has 2 unspecified atom stereocenters. The summed E-state index contributed by atoms with van der Waals surface area (Å²) in [5.41, 5.74) is 10.4. The number of aliphatic carboxylic acids is 1. The van der Waals surface area contributed by atoms with E-state index in [2.05, 4.69) is 28.3 Å². The van der Waals surface area contributed by atoms with Gasteiger partial charge in [-0.3, -0.25) is 9.79 Å². The van der Waals surface area contributed by atoms with E-state index in [9.17, 15) is 14.4 Å². The third kappa shape index (κ3) is 12.2. The van der Waals surface area contributed by atoms with Gasteiger partial charge in [-0.05, 0) is 37.5 Å². The van der Waals surface area contributed by atoms with Gasteiger partial charge in [0.15, 0.2) is 5.96 Å². The molecule has 0 aliphatic carbocycles. The highest BCUT2D eigenvalue weighted by Crippen LogP contribution is 2.11. The van der Waals surface area contributed by atoms with E-state index < -0.39 is 17.9 Å². The number of thiol groups is 1. The molecule has 0 aliphatic rings. The second-order valence-corrected chi connectivity index (χ2v) is 6.30. The van der Waals surface area contributed by atoms with E-state index in [0.29, 0.717) is 31.7 Å². The van der Waals surface area contributed by atoms with E-state index in [0.717, 1.165) is 6.29 Å². The molecule has 0 spiro atoms. The van der Waals surface area contributed by atoms with Crippen LogP contribution in [0.2, 0.25) is 0 Å². The summed E-state index contributed by atoms with van der Waals surface area (Å²) in [6.45, 7) is 2.66. The van der Waals surface area contributed by atoms with Crippen molar-refractivity contribution in [1.82, 2.24) is 10.6 Å². The molecule has 144 valence electrons. The number of carboxylic acid groups (broad SMARTS) is 1. The molecule has 3 atom stereocenters. The lowest BCUT2D eigenvalue weighted by atomic mass is 9.98. The van der Waals surface area contributed by atoms with Crippen LogP contribution in [0.1, 0.15) is 26.2 Å². The molecule has 0 rings (SSSR count). The molecule has 0 saturated heterocycles. The van der Waals surface area contributed by atoms with Crippen molar-refractivity contribution in [2.24, 2.45) is 28.3 Å². The van der Waals surface area contributed by atoms with Crippen LogP contribution in [0.4, 0.5) is 0 Å². The summed E-state index contributed by atoms with van der Waals surface area (Å²) in [6, 6.07) is -0.987. The first kappa shape index (κ1) is 23.2. The molecule has 9 nitrogen and oxygen atoms in total. The van der Waals surface area contributed by atoms with E-state index in [1.807, 2.05) is 6.92 Å². The van der Waals surface area contributed by atoms with Gasteiger partial charge in [0.2, 0.25) is 5.91 Å². The van der Waals surface area contributed by atoms with Gasteiger partial charge in [0.05, 0.1) is 6.54 Å². The van der Waals surface area contributed by atoms with Crippen LogP contribution in [0.5, 0.6) is 0 Å². The first-order valence-electron chi connectivity index (χ1n) is 8.14. The Morgan fingerprint density at radius 3 is 2.56 bits per heavy atom.